The standard InChI is InChI=1S/C13H27NO2/c1-7-10(2)16-11-8-12(3,4)14(15)13(5,6)9-11/h10-11,14H,7-9H2,1-6H3. The minimum absolute atomic E-state index is 0.234. The van der Waals surface area contributed by atoms with Gasteiger partial charge in [-0.25, -0.2) is 0 Å². The molecule has 0 radical (unpaired) electrons. The molecule has 3 nitrogen and oxygen atoms in total. The number of ether oxygens (including phenoxy) is 1. The maximum absolute atomic E-state index is 12.2. The first kappa shape index (κ1) is 13.9. The summed E-state index contributed by atoms with van der Waals surface area (Å²) in [6, 6.07) is 0. The van der Waals surface area contributed by atoms with Gasteiger partial charge in [-0.3, -0.25) is 0 Å². The van der Waals surface area contributed by atoms with Crippen LogP contribution in [0.4, 0.5) is 0 Å². The van der Waals surface area contributed by atoms with Gasteiger partial charge in [0, 0.05) is 12.8 Å². The molecule has 0 aliphatic carbocycles. The van der Waals surface area contributed by atoms with Gasteiger partial charge in [0.2, 0.25) is 0 Å². The van der Waals surface area contributed by atoms with E-state index in [1.54, 1.807) is 0 Å². The van der Waals surface area contributed by atoms with Gasteiger partial charge in [-0.2, -0.15) is 0 Å². The number of hydrogen-bond acceptors (Lipinski definition) is 2. The first-order valence-corrected chi connectivity index (χ1v) is 6.39. The van der Waals surface area contributed by atoms with E-state index < -0.39 is 0 Å². The van der Waals surface area contributed by atoms with Crippen molar-refractivity contribution in [3.8, 4) is 0 Å². The lowest BCUT2D eigenvalue weighted by molar-refractivity contribution is -0.956. The molecule has 0 aromatic rings. The fourth-order valence-corrected chi connectivity index (χ4v) is 2.83. The molecule has 96 valence electrons. The molecule has 0 aromatic heterocycles. The van der Waals surface area contributed by atoms with E-state index in [4.69, 9.17) is 4.74 Å². The monoisotopic (exact) mass is 229 g/mol. The molecule has 1 atom stereocenters. The third kappa shape index (κ3) is 2.96. The SMILES string of the molecule is CCC(C)OC1CC(C)(C)[NH+]([O-])C(C)(C)C1. The van der Waals surface area contributed by atoms with Crippen LogP contribution in [0.3, 0.4) is 0 Å². The Bertz CT molecular complexity index is 220. The highest BCUT2D eigenvalue weighted by molar-refractivity contribution is 4.87. The van der Waals surface area contributed by atoms with Crippen LogP contribution in [0, 0.1) is 5.21 Å². The van der Waals surface area contributed by atoms with E-state index in [2.05, 4.69) is 13.8 Å². The van der Waals surface area contributed by atoms with Crippen LogP contribution in [0.2, 0.25) is 0 Å². The van der Waals surface area contributed by atoms with Gasteiger partial charge in [0.1, 0.15) is 0 Å². The molecule has 1 heterocycles. The highest BCUT2D eigenvalue weighted by atomic mass is 16.5. The molecule has 1 N–H and O–H groups in total. The Kier molecular flexibility index (Phi) is 4.04. The third-order valence-corrected chi connectivity index (χ3v) is 3.70. The van der Waals surface area contributed by atoms with Crippen LogP contribution < -0.4 is 5.06 Å². The predicted molar refractivity (Wildman–Crippen MR) is 66.3 cm³/mol. The number of nitrogens with one attached hydrogen (secondary N) is 1. The van der Waals surface area contributed by atoms with E-state index in [-0.39, 0.29) is 17.2 Å². The van der Waals surface area contributed by atoms with Crippen molar-refractivity contribution in [3.63, 3.8) is 0 Å². The van der Waals surface area contributed by atoms with E-state index >= 15 is 0 Å². The molecule has 1 fully saturated rings. The Morgan fingerprint density at radius 2 is 1.69 bits per heavy atom. The number of hydroxylamine groups is 2. The largest absolute Gasteiger partial charge is 0.634 e. The van der Waals surface area contributed by atoms with Crippen molar-refractivity contribution in [2.75, 3.05) is 0 Å². The molecule has 16 heavy (non-hydrogen) atoms. The minimum atomic E-state index is -0.236. The quantitative estimate of drug-likeness (QED) is 0.750. The molecule has 1 unspecified atom stereocenters. The third-order valence-electron chi connectivity index (χ3n) is 3.70. The Balaban J connectivity index is 2.71. The number of piperidine rings is 1. The zero-order chi connectivity index (χ0) is 12.6. The first-order chi connectivity index (χ1) is 7.19. The molecule has 1 aliphatic rings. The lowest BCUT2D eigenvalue weighted by Gasteiger charge is -2.54. The second kappa shape index (κ2) is 4.63. The topological polar surface area (TPSA) is 36.7 Å². The molecule has 0 saturated carbocycles. The molecule has 1 rings (SSSR count). The molecular formula is C13H27NO2. The lowest BCUT2D eigenvalue weighted by atomic mass is 9.80. The van der Waals surface area contributed by atoms with Crippen molar-refractivity contribution < 1.29 is 9.80 Å². The normalized spacial score (nSPS) is 34.7. The van der Waals surface area contributed by atoms with Gasteiger partial charge in [0.15, 0.2) is 0 Å². The van der Waals surface area contributed by atoms with Gasteiger partial charge in [0.05, 0.1) is 23.3 Å². The Morgan fingerprint density at radius 1 is 1.25 bits per heavy atom. The van der Waals surface area contributed by atoms with Crippen LogP contribution in [0.1, 0.15) is 60.8 Å². The average molecular weight is 229 g/mol. The summed E-state index contributed by atoms with van der Waals surface area (Å²) >= 11 is 0. The fourth-order valence-electron chi connectivity index (χ4n) is 2.83. The van der Waals surface area contributed by atoms with Gasteiger partial charge in [-0.15, -0.1) is 0 Å². The van der Waals surface area contributed by atoms with Crippen molar-refractivity contribution in [2.45, 2.75) is 84.1 Å². The summed E-state index contributed by atoms with van der Waals surface area (Å²) in [7, 11) is 0. The van der Waals surface area contributed by atoms with Gasteiger partial charge >= 0.3 is 0 Å². The van der Waals surface area contributed by atoms with E-state index in [1.165, 1.54) is 0 Å². The summed E-state index contributed by atoms with van der Waals surface area (Å²) in [4.78, 5) is 0. The first-order valence-electron chi connectivity index (χ1n) is 6.39. The van der Waals surface area contributed by atoms with Crippen molar-refractivity contribution >= 4 is 0 Å². The molecule has 0 bridgehead atoms. The molecule has 1 saturated heterocycles. The Morgan fingerprint density at radius 3 is 2.06 bits per heavy atom. The van der Waals surface area contributed by atoms with Crippen LogP contribution in [0.5, 0.6) is 0 Å². The maximum atomic E-state index is 12.2. The van der Waals surface area contributed by atoms with Crippen molar-refractivity contribution in [3.05, 3.63) is 5.21 Å². The Hall–Kier alpha value is -0.120. The van der Waals surface area contributed by atoms with Crippen molar-refractivity contribution in [1.82, 2.24) is 0 Å². The summed E-state index contributed by atoms with van der Waals surface area (Å²) < 4.78 is 6.01. The molecule has 0 aromatic carbocycles. The molecule has 0 amide bonds. The van der Waals surface area contributed by atoms with Crippen LogP contribution in [-0.4, -0.2) is 23.3 Å². The zero-order valence-electron chi connectivity index (χ0n) is 11.6. The highest BCUT2D eigenvalue weighted by Crippen LogP contribution is 2.26. The second-order valence-corrected chi connectivity index (χ2v) is 6.48. The van der Waals surface area contributed by atoms with Crippen LogP contribution in [0.15, 0.2) is 0 Å². The predicted octanol–water partition coefficient (Wildman–Crippen LogP) is 1.90. The zero-order valence-corrected chi connectivity index (χ0v) is 11.6. The summed E-state index contributed by atoms with van der Waals surface area (Å²) in [5.74, 6) is 0. The maximum Gasteiger partial charge on any atom is 0.0946 e. The number of quaternary nitrogens is 1. The fraction of sp³-hybridized carbons (Fsp3) is 1.00. The van der Waals surface area contributed by atoms with Gasteiger partial charge in [-0.1, -0.05) is 6.92 Å². The van der Waals surface area contributed by atoms with Crippen LogP contribution in [-0.2, 0) is 4.74 Å². The van der Waals surface area contributed by atoms with Gasteiger partial charge in [0.25, 0.3) is 0 Å². The minimum Gasteiger partial charge on any atom is -0.634 e. The average Bonchev–Trinajstić information content (AvgIpc) is 2.13. The van der Waals surface area contributed by atoms with Crippen LogP contribution in [0.25, 0.3) is 0 Å². The van der Waals surface area contributed by atoms with Crippen LogP contribution >= 0.6 is 0 Å². The lowest BCUT2D eigenvalue weighted by Crippen LogP contribution is -3.23. The van der Waals surface area contributed by atoms with Gasteiger partial charge < -0.3 is 15.0 Å². The molecule has 3 heteroatoms. The number of rotatable bonds is 3. The summed E-state index contributed by atoms with van der Waals surface area (Å²) in [6.07, 6.45) is 3.28. The highest BCUT2D eigenvalue weighted by Gasteiger charge is 2.45. The molecule has 0 spiro atoms. The van der Waals surface area contributed by atoms with Crippen molar-refractivity contribution in [1.29, 1.82) is 0 Å². The molecular weight excluding hydrogens is 202 g/mol. The summed E-state index contributed by atoms with van der Waals surface area (Å²) in [5.41, 5.74) is -0.472. The van der Waals surface area contributed by atoms with E-state index in [0.29, 0.717) is 11.2 Å². The van der Waals surface area contributed by atoms with Gasteiger partial charge in [-0.05, 0) is 41.0 Å². The smallest absolute Gasteiger partial charge is 0.0946 e. The van der Waals surface area contributed by atoms with E-state index in [9.17, 15) is 5.21 Å². The number of hydrogen-bond donors (Lipinski definition) is 1. The van der Waals surface area contributed by atoms with Crippen molar-refractivity contribution in [2.24, 2.45) is 0 Å². The second-order valence-electron chi connectivity index (χ2n) is 6.48. The van der Waals surface area contributed by atoms with E-state index in [1.807, 2.05) is 27.7 Å². The molecule has 1 aliphatic heterocycles. The summed E-state index contributed by atoms with van der Waals surface area (Å²) in [5, 5.41) is 12.6. The van der Waals surface area contributed by atoms with E-state index in [0.717, 1.165) is 19.3 Å². The summed E-state index contributed by atoms with van der Waals surface area (Å²) in [6.45, 7) is 12.4. The Labute approximate surface area is 99.7 Å².